The lowest BCUT2D eigenvalue weighted by atomic mass is 10.2. The summed E-state index contributed by atoms with van der Waals surface area (Å²) in [6.07, 6.45) is 0.774. The molecular formula is C14H16ClIN2O3. The van der Waals surface area contributed by atoms with E-state index >= 15 is 0 Å². The predicted octanol–water partition coefficient (Wildman–Crippen LogP) is 2.18. The van der Waals surface area contributed by atoms with E-state index in [1.54, 1.807) is 17.0 Å². The Kier molecular flexibility index (Phi) is 5.83. The fourth-order valence-electron chi connectivity index (χ4n) is 2.36. The van der Waals surface area contributed by atoms with Gasteiger partial charge in [-0.05, 0) is 47.2 Å². The molecule has 0 aromatic heterocycles. The standard InChI is InChI=1S/C14H16ClIN2O3/c15-10-2-3-12(16)11(8-10)14(21)18-5-1-4-17(6-7-18)9-13(19)20/h2-3,8H,1,4-7,9H2,(H,19,20). The minimum Gasteiger partial charge on any atom is -0.480 e. The summed E-state index contributed by atoms with van der Waals surface area (Å²) < 4.78 is 0.869. The van der Waals surface area contributed by atoms with Crippen LogP contribution in [0.4, 0.5) is 0 Å². The van der Waals surface area contributed by atoms with Crippen molar-refractivity contribution >= 4 is 46.1 Å². The van der Waals surface area contributed by atoms with Gasteiger partial charge in [0.15, 0.2) is 0 Å². The van der Waals surface area contributed by atoms with Crippen molar-refractivity contribution in [2.75, 3.05) is 32.7 Å². The highest BCUT2D eigenvalue weighted by Gasteiger charge is 2.22. The number of halogens is 2. The van der Waals surface area contributed by atoms with E-state index in [9.17, 15) is 9.59 Å². The Morgan fingerprint density at radius 3 is 2.71 bits per heavy atom. The van der Waals surface area contributed by atoms with E-state index in [0.29, 0.717) is 36.8 Å². The highest BCUT2D eigenvalue weighted by atomic mass is 127. The molecule has 0 radical (unpaired) electrons. The van der Waals surface area contributed by atoms with E-state index in [1.807, 2.05) is 11.0 Å². The van der Waals surface area contributed by atoms with E-state index in [2.05, 4.69) is 22.6 Å². The van der Waals surface area contributed by atoms with Gasteiger partial charge in [0, 0.05) is 34.8 Å². The number of hydrogen-bond donors (Lipinski definition) is 1. The molecule has 114 valence electrons. The number of aliphatic carboxylic acids is 1. The number of carbonyl (C=O) groups is 2. The molecule has 0 unspecified atom stereocenters. The summed E-state index contributed by atoms with van der Waals surface area (Å²) in [6.45, 7) is 2.47. The molecule has 0 spiro atoms. The summed E-state index contributed by atoms with van der Waals surface area (Å²) >= 11 is 8.09. The van der Waals surface area contributed by atoms with Crippen molar-refractivity contribution in [3.8, 4) is 0 Å². The van der Waals surface area contributed by atoms with Crippen LogP contribution in [-0.4, -0.2) is 59.5 Å². The van der Waals surface area contributed by atoms with Crippen molar-refractivity contribution in [1.82, 2.24) is 9.80 Å². The van der Waals surface area contributed by atoms with Crippen molar-refractivity contribution in [2.24, 2.45) is 0 Å². The monoisotopic (exact) mass is 422 g/mol. The van der Waals surface area contributed by atoms with Crippen LogP contribution in [0.15, 0.2) is 18.2 Å². The highest BCUT2D eigenvalue weighted by Crippen LogP contribution is 2.20. The molecule has 1 heterocycles. The lowest BCUT2D eigenvalue weighted by Gasteiger charge is -2.22. The van der Waals surface area contributed by atoms with Gasteiger partial charge in [-0.3, -0.25) is 14.5 Å². The molecule has 1 N–H and O–H groups in total. The molecule has 0 aliphatic carbocycles. The van der Waals surface area contributed by atoms with Gasteiger partial charge < -0.3 is 10.0 Å². The van der Waals surface area contributed by atoms with Gasteiger partial charge >= 0.3 is 5.97 Å². The molecule has 0 bridgehead atoms. The number of carboxylic acids is 1. The Hall–Kier alpha value is -0.860. The zero-order valence-electron chi connectivity index (χ0n) is 11.4. The molecule has 1 saturated heterocycles. The lowest BCUT2D eigenvalue weighted by molar-refractivity contribution is -0.138. The normalized spacial score (nSPS) is 16.6. The number of benzene rings is 1. The first kappa shape index (κ1) is 16.5. The minimum absolute atomic E-state index is 0.0245. The molecule has 1 aromatic carbocycles. The maximum absolute atomic E-state index is 12.6. The predicted molar refractivity (Wildman–Crippen MR) is 88.8 cm³/mol. The fourth-order valence-corrected chi connectivity index (χ4v) is 3.09. The summed E-state index contributed by atoms with van der Waals surface area (Å²) in [5.41, 5.74) is 0.606. The van der Waals surface area contributed by atoms with E-state index in [-0.39, 0.29) is 12.5 Å². The van der Waals surface area contributed by atoms with Gasteiger partial charge in [0.2, 0.25) is 0 Å². The maximum Gasteiger partial charge on any atom is 0.317 e. The van der Waals surface area contributed by atoms with Gasteiger partial charge in [-0.15, -0.1) is 0 Å². The molecule has 0 saturated carbocycles. The summed E-state index contributed by atoms with van der Waals surface area (Å²) in [4.78, 5) is 27.0. The van der Waals surface area contributed by atoms with Crippen LogP contribution in [0.25, 0.3) is 0 Å². The van der Waals surface area contributed by atoms with Gasteiger partial charge in [-0.25, -0.2) is 0 Å². The quantitative estimate of drug-likeness (QED) is 0.759. The second-order valence-corrected chi connectivity index (χ2v) is 6.54. The Morgan fingerprint density at radius 2 is 2.00 bits per heavy atom. The first-order chi connectivity index (χ1) is 9.97. The Labute approximate surface area is 142 Å². The average Bonchev–Trinajstić information content (AvgIpc) is 2.66. The average molecular weight is 423 g/mol. The number of hydrogen-bond acceptors (Lipinski definition) is 3. The van der Waals surface area contributed by atoms with Crippen molar-refractivity contribution in [1.29, 1.82) is 0 Å². The SMILES string of the molecule is O=C(O)CN1CCCN(C(=O)c2cc(Cl)ccc2I)CC1. The molecule has 21 heavy (non-hydrogen) atoms. The minimum atomic E-state index is -0.834. The molecular weight excluding hydrogens is 407 g/mol. The number of carbonyl (C=O) groups excluding carboxylic acids is 1. The van der Waals surface area contributed by atoms with Crippen molar-refractivity contribution in [3.63, 3.8) is 0 Å². The van der Waals surface area contributed by atoms with E-state index in [4.69, 9.17) is 16.7 Å². The highest BCUT2D eigenvalue weighted by molar-refractivity contribution is 14.1. The zero-order chi connectivity index (χ0) is 15.4. The maximum atomic E-state index is 12.6. The third kappa shape index (κ3) is 4.55. The van der Waals surface area contributed by atoms with Crippen molar-refractivity contribution in [3.05, 3.63) is 32.4 Å². The molecule has 2 rings (SSSR count). The largest absolute Gasteiger partial charge is 0.480 e. The summed E-state index contributed by atoms with van der Waals surface area (Å²) in [5, 5.41) is 9.38. The van der Waals surface area contributed by atoms with Gasteiger partial charge in [0.05, 0.1) is 12.1 Å². The van der Waals surface area contributed by atoms with Crippen LogP contribution in [0.2, 0.25) is 5.02 Å². The van der Waals surface area contributed by atoms with Crippen molar-refractivity contribution in [2.45, 2.75) is 6.42 Å². The first-order valence-electron chi connectivity index (χ1n) is 6.66. The van der Waals surface area contributed by atoms with E-state index in [0.717, 1.165) is 9.99 Å². The molecule has 1 fully saturated rings. The second kappa shape index (κ2) is 7.42. The van der Waals surface area contributed by atoms with Crippen LogP contribution in [0.3, 0.4) is 0 Å². The third-order valence-corrected chi connectivity index (χ3v) is 4.57. The summed E-state index contributed by atoms with van der Waals surface area (Å²) in [7, 11) is 0. The molecule has 0 atom stereocenters. The van der Waals surface area contributed by atoms with Crippen LogP contribution in [-0.2, 0) is 4.79 Å². The van der Waals surface area contributed by atoms with Crippen molar-refractivity contribution < 1.29 is 14.7 Å². The number of amides is 1. The van der Waals surface area contributed by atoms with Gasteiger partial charge in [0.1, 0.15) is 0 Å². The molecule has 7 heteroatoms. The molecule has 1 aliphatic heterocycles. The Balaban J connectivity index is 2.06. The zero-order valence-corrected chi connectivity index (χ0v) is 14.3. The van der Waals surface area contributed by atoms with E-state index < -0.39 is 5.97 Å². The number of nitrogens with zero attached hydrogens (tertiary/aromatic N) is 2. The van der Waals surface area contributed by atoms with Crippen LogP contribution in [0.5, 0.6) is 0 Å². The van der Waals surface area contributed by atoms with Crippen LogP contribution in [0.1, 0.15) is 16.8 Å². The molecule has 1 amide bonds. The smallest absolute Gasteiger partial charge is 0.317 e. The van der Waals surface area contributed by atoms with Crippen LogP contribution in [0, 0.1) is 3.57 Å². The van der Waals surface area contributed by atoms with Gasteiger partial charge in [-0.2, -0.15) is 0 Å². The summed E-state index contributed by atoms with van der Waals surface area (Å²) in [6, 6.07) is 5.27. The fraction of sp³-hybridized carbons (Fsp3) is 0.429. The summed E-state index contributed by atoms with van der Waals surface area (Å²) in [5.74, 6) is -0.877. The van der Waals surface area contributed by atoms with Crippen LogP contribution < -0.4 is 0 Å². The number of carboxylic acid groups (broad SMARTS) is 1. The van der Waals surface area contributed by atoms with Gasteiger partial charge in [-0.1, -0.05) is 11.6 Å². The third-order valence-electron chi connectivity index (χ3n) is 3.39. The lowest BCUT2D eigenvalue weighted by Crippen LogP contribution is -2.37. The first-order valence-corrected chi connectivity index (χ1v) is 8.11. The molecule has 5 nitrogen and oxygen atoms in total. The number of rotatable bonds is 3. The van der Waals surface area contributed by atoms with E-state index in [1.165, 1.54) is 0 Å². The van der Waals surface area contributed by atoms with Crippen LogP contribution >= 0.6 is 34.2 Å². The topological polar surface area (TPSA) is 60.9 Å². The second-order valence-electron chi connectivity index (χ2n) is 4.94. The Morgan fingerprint density at radius 1 is 1.24 bits per heavy atom. The Bertz CT molecular complexity index is 553. The molecule has 1 aromatic rings. The van der Waals surface area contributed by atoms with Gasteiger partial charge in [0.25, 0.3) is 5.91 Å². The molecule has 1 aliphatic rings.